The average Bonchev–Trinajstić information content (AvgIpc) is 2.66. The van der Waals surface area contributed by atoms with Gasteiger partial charge in [0.1, 0.15) is 0 Å². The summed E-state index contributed by atoms with van der Waals surface area (Å²) in [4.78, 5) is 15.1. The van der Waals surface area contributed by atoms with Crippen molar-refractivity contribution in [3.8, 4) is 0 Å². The Balaban J connectivity index is 1.86. The van der Waals surface area contributed by atoms with Crippen LogP contribution in [0.5, 0.6) is 0 Å². The van der Waals surface area contributed by atoms with Crippen molar-refractivity contribution in [2.24, 2.45) is 0 Å². The molecule has 26 heavy (non-hydrogen) atoms. The van der Waals surface area contributed by atoms with Gasteiger partial charge in [0.25, 0.3) is 0 Å². The van der Waals surface area contributed by atoms with Crippen LogP contribution in [0.25, 0.3) is 6.08 Å². The Morgan fingerprint density at radius 2 is 1.81 bits per heavy atom. The molecule has 0 aliphatic heterocycles. The third kappa shape index (κ3) is 3.70. The molecule has 0 radical (unpaired) electrons. The molecule has 0 amide bonds. The molecule has 2 aromatic rings. The van der Waals surface area contributed by atoms with Gasteiger partial charge in [0, 0.05) is 42.0 Å². The van der Waals surface area contributed by atoms with Gasteiger partial charge in [0.15, 0.2) is 11.5 Å². The van der Waals surface area contributed by atoms with E-state index in [0.29, 0.717) is 12.0 Å². The molecule has 2 N–H and O–H groups in total. The summed E-state index contributed by atoms with van der Waals surface area (Å²) in [6.07, 6.45) is 3.35. The SMILES string of the molecule is CCN(CC)c1ccc(/C=C2/CCc3ccc([NH+]([O-])O)cc3C2=O)cc1. The van der Waals surface area contributed by atoms with Crippen LogP contribution in [0.2, 0.25) is 0 Å². The molecular weight excluding hydrogens is 328 g/mol. The van der Waals surface area contributed by atoms with Crippen LogP contribution in [-0.4, -0.2) is 24.1 Å². The molecule has 5 heteroatoms. The number of carbonyl (C=O) groups excluding carboxylic acids is 1. The molecule has 1 aliphatic carbocycles. The first-order valence-corrected chi connectivity index (χ1v) is 9.00. The number of hydrogen-bond acceptors (Lipinski definition) is 4. The summed E-state index contributed by atoms with van der Waals surface area (Å²) in [5.74, 6) is -0.0674. The molecule has 0 saturated heterocycles. The van der Waals surface area contributed by atoms with Gasteiger partial charge in [0.2, 0.25) is 0 Å². The number of Topliss-reactive ketones (excluding diaryl/α,β-unsaturated/α-hetero) is 1. The lowest BCUT2D eigenvalue weighted by Gasteiger charge is -2.21. The number of benzene rings is 2. The summed E-state index contributed by atoms with van der Waals surface area (Å²) in [6.45, 7) is 6.17. The molecule has 0 bridgehead atoms. The van der Waals surface area contributed by atoms with Crippen molar-refractivity contribution in [2.45, 2.75) is 26.7 Å². The number of quaternary nitrogens is 1. The molecule has 0 spiro atoms. The lowest BCUT2D eigenvalue weighted by atomic mass is 9.85. The molecule has 0 fully saturated rings. The second kappa shape index (κ2) is 7.83. The lowest BCUT2D eigenvalue weighted by Crippen LogP contribution is -2.99. The van der Waals surface area contributed by atoms with E-state index in [2.05, 4.69) is 30.9 Å². The second-order valence-electron chi connectivity index (χ2n) is 6.44. The van der Waals surface area contributed by atoms with Crippen LogP contribution in [0.1, 0.15) is 41.8 Å². The standard InChI is InChI=1S/C21H24N2O3/c1-3-22(4-2)18-10-5-15(6-11-18)13-17-8-7-16-9-12-19(23(25)26)14-20(16)21(17)24/h5-6,9-14,23,25H,3-4,7-8H2,1-2H3/b17-13-. The second-order valence-corrected chi connectivity index (χ2v) is 6.44. The molecule has 0 saturated carbocycles. The minimum Gasteiger partial charge on any atom is -0.595 e. The molecule has 136 valence electrons. The third-order valence-electron chi connectivity index (χ3n) is 4.92. The first kappa shape index (κ1) is 18.3. The Hall–Kier alpha value is -2.47. The Labute approximate surface area is 153 Å². The molecule has 1 atom stereocenters. The zero-order valence-corrected chi connectivity index (χ0v) is 15.2. The quantitative estimate of drug-likeness (QED) is 0.641. The minimum atomic E-state index is -1.01. The van der Waals surface area contributed by atoms with E-state index in [1.165, 1.54) is 11.8 Å². The van der Waals surface area contributed by atoms with Crippen molar-refractivity contribution in [2.75, 3.05) is 18.0 Å². The Bertz CT molecular complexity index is 822. The van der Waals surface area contributed by atoms with E-state index in [1.54, 1.807) is 12.1 Å². The summed E-state index contributed by atoms with van der Waals surface area (Å²) in [7, 11) is 0. The lowest BCUT2D eigenvalue weighted by molar-refractivity contribution is -0.991. The van der Waals surface area contributed by atoms with E-state index >= 15 is 0 Å². The van der Waals surface area contributed by atoms with E-state index in [-0.39, 0.29) is 11.5 Å². The van der Waals surface area contributed by atoms with Crippen molar-refractivity contribution in [1.29, 1.82) is 0 Å². The molecule has 5 nitrogen and oxygen atoms in total. The largest absolute Gasteiger partial charge is 0.595 e. The van der Waals surface area contributed by atoms with E-state index in [0.717, 1.165) is 36.2 Å². The Morgan fingerprint density at radius 1 is 1.12 bits per heavy atom. The summed E-state index contributed by atoms with van der Waals surface area (Å²) in [5.41, 5.74) is 4.49. The van der Waals surface area contributed by atoms with Crippen LogP contribution < -0.4 is 10.1 Å². The monoisotopic (exact) mass is 352 g/mol. The van der Waals surface area contributed by atoms with Gasteiger partial charge in [-0.3, -0.25) is 4.79 Å². The number of ketones is 1. The van der Waals surface area contributed by atoms with Crippen molar-refractivity contribution in [3.63, 3.8) is 0 Å². The van der Waals surface area contributed by atoms with Crippen LogP contribution in [0.4, 0.5) is 11.4 Å². The van der Waals surface area contributed by atoms with E-state index in [4.69, 9.17) is 5.21 Å². The molecule has 0 heterocycles. The van der Waals surface area contributed by atoms with Crippen LogP contribution >= 0.6 is 0 Å². The van der Waals surface area contributed by atoms with E-state index in [1.807, 2.05) is 18.2 Å². The highest BCUT2D eigenvalue weighted by molar-refractivity contribution is 6.13. The summed E-state index contributed by atoms with van der Waals surface area (Å²) < 4.78 is 0. The number of nitrogens with zero attached hydrogens (tertiary/aromatic N) is 1. The molecule has 2 aromatic carbocycles. The maximum absolute atomic E-state index is 12.8. The summed E-state index contributed by atoms with van der Waals surface area (Å²) in [5, 5.41) is 19.3. The molecule has 0 aromatic heterocycles. The van der Waals surface area contributed by atoms with Crippen LogP contribution in [0, 0.1) is 5.21 Å². The van der Waals surface area contributed by atoms with Crippen molar-refractivity contribution >= 4 is 23.2 Å². The summed E-state index contributed by atoms with van der Waals surface area (Å²) >= 11 is 0. The number of carbonyl (C=O) groups is 1. The van der Waals surface area contributed by atoms with Crippen LogP contribution in [-0.2, 0) is 6.42 Å². The molecule has 1 aliphatic rings. The number of rotatable bonds is 5. The smallest absolute Gasteiger partial charge is 0.189 e. The summed E-state index contributed by atoms with van der Waals surface area (Å²) in [6, 6.07) is 13.0. The van der Waals surface area contributed by atoms with Crippen LogP contribution in [0.3, 0.4) is 0 Å². The van der Waals surface area contributed by atoms with Crippen molar-refractivity contribution < 1.29 is 15.2 Å². The third-order valence-corrected chi connectivity index (χ3v) is 4.92. The molecule has 3 rings (SSSR count). The zero-order valence-electron chi connectivity index (χ0n) is 15.2. The fourth-order valence-electron chi connectivity index (χ4n) is 3.40. The molecular formula is C21H24N2O3. The topological polar surface area (TPSA) is 68.0 Å². The van der Waals surface area contributed by atoms with Crippen LogP contribution in [0.15, 0.2) is 48.0 Å². The highest BCUT2D eigenvalue weighted by Crippen LogP contribution is 2.28. The number of nitrogens with one attached hydrogen (secondary N) is 1. The predicted molar refractivity (Wildman–Crippen MR) is 103 cm³/mol. The number of allylic oxidation sites excluding steroid dienone is 1. The van der Waals surface area contributed by atoms with Crippen molar-refractivity contribution in [1.82, 2.24) is 0 Å². The number of fused-ring (bicyclic) bond motifs is 1. The highest BCUT2D eigenvalue weighted by Gasteiger charge is 2.23. The van der Waals surface area contributed by atoms with Gasteiger partial charge in [-0.25, -0.2) is 5.21 Å². The number of anilines is 1. The maximum atomic E-state index is 12.8. The molecule has 1 unspecified atom stereocenters. The Morgan fingerprint density at radius 3 is 2.42 bits per heavy atom. The Kier molecular flexibility index (Phi) is 5.52. The fourth-order valence-corrected chi connectivity index (χ4v) is 3.40. The average molecular weight is 352 g/mol. The van der Waals surface area contributed by atoms with E-state index in [9.17, 15) is 10.0 Å². The zero-order chi connectivity index (χ0) is 18.7. The predicted octanol–water partition coefficient (Wildman–Crippen LogP) is 3.15. The van der Waals surface area contributed by atoms with Gasteiger partial charge >= 0.3 is 0 Å². The first-order valence-electron chi connectivity index (χ1n) is 9.00. The fraction of sp³-hybridized carbons (Fsp3) is 0.286. The number of aryl methyl sites for hydroxylation is 1. The van der Waals surface area contributed by atoms with Gasteiger partial charge in [0.05, 0.1) is 0 Å². The number of hydrogen-bond donors (Lipinski definition) is 2. The van der Waals surface area contributed by atoms with E-state index < -0.39 is 5.23 Å². The van der Waals surface area contributed by atoms with Gasteiger partial charge in [-0.15, -0.1) is 0 Å². The maximum Gasteiger partial charge on any atom is 0.189 e. The van der Waals surface area contributed by atoms with Gasteiger partial charge in [-0.2, -0.15) is 5.23 Å². The normalized spacial score (nSPS) is 16.5. The first-order chi connectivity index (χ1) is 12.5. The minimum absolute atomic E-state index is 0.0674. The van der Waals surface area contributed by atoms with Gasteiger partial charge in [-0.05, 0) is 56.0 Å². The van der Waals surface area contributed by atoms with Gasteiger partial charge in [-0.1, -0.05) is 18.2 Å². The highest BCUT2D eigenvalue weighted by atomic mass is 16.8. The van der Waals surface area contributed by atoms with Crippen molar-refractivity contribution in [3.05, 3.63) is 69.9 Å². The van der Waals surface area contributed by atoms with Gasteiger partial charge < -0.3 is 10.1 Å².